The van der Waals surface area contributed by atoms with Gasteiger partial charge in [-0.3, -0.25) is 0 Å². The molecule has 2 amide bonds. The summed E-state index contributed by atoms with van der Waals surface area (Å²) < 4.78 is 0. The van der Waals surface area contributed by atoms with E-state index in [1.165, 1.54) is 0 Å². The van der Waals surface area contributed by atoms with Crippen molar-refractivity contribution in [3.8, 4) is 0 Å². The first-order chi connectivity index (χ1) is 9.42. The van der Waals surface area contributed by atoms with Crippen LogP contribution in [0.25, 0.3) is 0 Å². The fraction of sp³-hybridized carbons (Fsp3) is 0.562. The number of carbonyl (C=O) groups excluding carboxylic acids is 1. The normalized spacial score (nSPS) is 13.9. The monoisotopic (exact) mass is 277 g/mol. The summed E-state index contributed by atoms with van der Waals surface area (Å²) in [6.45, 7) is 8.42. The van der Waals surface area contributed by atoms with Crippen molar-refractivity contribution in [1.29, 1.82) is 0 Å². The van der Waals surface area contributed by atoms with Crippen molar-refractivity contribution in [2.75, 3.05) is 12.4 Å². The minimum absolute atomic E-state index is 0.146. The fourth-order valence-electron chi connectivity index (χ4n) is 2.21. The molecule has 0 heterocycles. The average molecular weight is 277 g/mol. The number of hydrogen-bond acceptors (Lipinski definition) is 2. The maximum atomic E-state index is 11.9. The Morgan fingerprint density at radius 2 is 1.90 bits per heavy atom. The molecule has 0 spiro atoms. The van der Waals surface area contributed by atoms with Gasteiger partial charge in [-0.1, -0.05) is 26.0 Å². The van der Waals surface area contributed by atoms with Crippen LogP contribution in [-0.2, 0) is 0 Å². The summed E-state index contributed by atoms with van der Waals surface area (Å²) in [4.78, 5) is 11.9. The van der Waals surface area contributed by atoms with Gasteiger partial charge in [0.2, 0.25) is 0 Å². The van der Waals surface area contributed by atoms with Gasteiger partial charge in [-0.15, -0.1) is 0 Å². The molecule has 1 aromatic carbocycles. The Kier molecular flexibility index (Phi) is 6.52. The summed E-state index contributed by atoms with van der Waals surface area (Å²) in [6, 6.07) is 8.19. The van der Waals surface area contributed by atoms with Crippen molar-refractivity contribution in [2.45, 2.75) is 46.2 Å². The molecule has 0 saturated carbocycles. The maximum absolute atomic E-state index is 11.9. The lowest BCUT2D eigenvalue weighted by Gasteiger charge is -2.17. The van der Waals surface area contributed by atoms with Crippen LogP contribution >= 0.6 is 0 Å². The van der Waals surface area contributed by atoms with Crippen LogP contribution in [0, 0.1) is 5.92 Å². The first kappa shape index (κ1) is 16.5. The highest BCUT2D eigenvalue weighted by Crippen LogP contribution is 2.17. The predicted octanol–water partition coefficient (Wildman–Crippen LogP) is 3.52. The topological polar surface area (TPSA) is 53.2 Å². The van der Waals surface area contributed by atoms with E-state index in [1.807, 2.05) is 38.2 Å². The van der Waals surface area contributed by atoms with Crippen LogP contribution in [0.1, 0.15) is 45.7 Å². The molecule has 4 nitrogen and oxygen atoms in total. The van der Waals surface area contributed by atoms with Gasteiger partial charge in [-0.25, -0.2) is 4.79 Å². The lowest BCUT2D eigenvalue weighted by molar-refractivity contribution is 0.247. The number of hydrogen-bond donors (Lipinski definition) is 3. The average Bonchev–Trinajstić information content (AvgIpc) is 2.36. The lowest BCUT2D eigenvalue weighted by atomic mass is 10.1. The molecule has 0 aliphatic carbocycles. The zero-order valence-corrected chi connectivity index (χ0v) is 13.2. The summed E-state index contributed by atoms with van der Waals surface area (Å²) >= 11 is 0. The molecule has 0 fully saturated rings. The molecule has 1 rings (SSSR count). The van der Waals surface area contributed by atoms with Crippen LogP contribution < -0.4 is 16.0 Å². The van der Waals surface area contributed by atoms with E-state index in [-0.39, 0.29) is 18.1 Å². The predicted molar refractivity (Wildman–Crippen MR) is 85.0 cm³/mol. The van der Waals surface area contributed by atoms with E-state index in [9.17, 15) is 4.79 Å². The highest BCUT2D eigenvalue weighted by atomic mass is 16.2. The van der Waals surface area contributed by atoms with Gasteiger partial charge in [0, 0.05) is 17.8 Å². The van der Waals surface area contributed by atoms with Crippen LogP contribution in [0.3, 0.4) is 0 Å². The Bertz CT molecular complexity index is 431. The maximum Gasteiger partial charge on any atom is 0.319 e. The zero-order chi connectivity index (χ0) is 15.1. The molecule has 0 aliphatic rings. The molecule has 2 atom stereocenters. The molecule has 112 valence electrons. The third-order valence-electron chi connectivity index (χ3n) is 3.28. The first-order valence-corrected chi connectivity index (χ1v) is 7.27. The van der Waals surface area contributed by atoms with Crippen molar-refractivity contribution >= 4 is 11.7 Å². The molecule has 1 aromatic rings. The second kappa shape index (κ2) is 7.90. The van der Waals surface area contributed by atoms with E-state index in [2.05, 4.69) is 36.7 Å². The van der Waals surface area contributed by atoms with E-state index >= 15 is 0 Å². The highest BCUT2D eigenvalue weighted by molar-refractivity contribution is 5.89. The largest absolute Gasteiger partial charge is 0.335 e. The standard InChI is InChI=1S/C16H27N3O/c1-11(2)9-12(3)18-16(20)19-15-8-6-7-14(10-15)13(4)17-5/h6-8,10-13,17H,9H2,1-5H3,(H2,18,19,20). The van der Waals surface area contributed by atoms with Crippen molar-refractivity contribution in [1.82, 2.24) is 10.6 Å². The SMILES string of the molecule is CNC(C)c1cccc(NC(=O)NC(C)CC(C)C)c1. The molecule has 0 aliphatic heterocycles. The molecule has 0 radical (unpaired) electrons. The molecule has 2 unspecified atom stereocenters. The summed E-state index contributed by atoms with van der Waals surface area (Å²) in [5, 5.41) is 9.03. The van der Waals surface area contributed by atoms with Gasteiger partial charge in [-0.2, -0.15) is 0 Å². The minimum atomic E-state index is -0.146. The second-order valence-electron chi connectivity index (χ2n) is 5.76. The van der Waals surface area contributed by atoms with E-state index in [4.69, 9.17) is 0 Å². The van der Waals surface area contributed by atoms with Crippen LogP contribution in [0.5, 0.6) is 0 Å². The van der Waals surface area contributed by atoms with Crippen LogP contribution in [0.2, 0.25) is 0 Å². The van der Waals surface area contributed by atoms with Gasteiger partial charge in [-0.05, 0) is 50.9 Å². The molecule has 20 heavy (non-hydrogen) atoms. The van der Waals surface area contributed by atoms with E-state index in [0.29, 0.717) is 5.92 Å². The molecule has 0 saturated heterocycles. The number of amides is 2. The van der Waals surface area contributed by atoms with Crippen LogP contribution in [0.15, 0.2) is 24.3 Å². The number of anilines is 1. The van der Waals surface area contributed by atoms with E-state index < -0.39 is 0 Å². The van der Waals surface area contributed by atoms with Crippen LogP contribution in [0.4, 0.5) is 10.5 Å². The van der Waals surface area contributed by atoms with Gasteiger partial charge < -0.3 is 16.0 Å². The van der Waals surface area contributed by atoms with Crippen LogP contribution in [-0.4, -0.2) is 19.1 Å². The van der Waals surface area contributed by atoms with E-state index in [0.717, 1.165) is 17.7 Å². The lowest BCUT2D eigenvalue weighted by Crippen LogP contribution is -2.36. The molecule has 0 bridgehead atoms. The molecule has 0 aromatic heterocycles. The van der Waals surface area contributed by atoms with Gasteiger partial charge >= 0.3 is 6.03 Å². The highest BCUT2D eigenvalue weighted by Gasteiger charge is 2.10. The van der Waals surface area contributed by atoms with Crippen molar-refractivity contribution in [3.05, 3.63) is 29.8 Å². The van der Waals surface area contributed by atoms with Gasteiger partial charge in [0.05, 0.1) is 0 Å². The fourth-order valence-corrected chi connectivity index (χ4v) is 2.21. The summed E-state index contributed by atoms with van der Waals surface area (Å²) in [5.41, 5.74) is 1.97. The number of rotatable bonds is 6. The van der Waals surface area contributed by atoms with Gasteiger partial charge in [0.1, 0.15) is 0 Å². The number of benzene rings is 1. The number of nitrogens with one attached hydrogen (secondary N) is 3. The summed E-state index contributed by atoms with van der Waals surface area (Å²) in [7, 11) is 1.92. The Morgan fingerprint density at radius 3 is 2.50 bits per heavy atom. The number of carbonyl (C=O) groups is 1. The summed E-state index contributed by atoms with van der Waals surface area (Å²) in [6.07, 6.45) is 0.976. The van der Waals surface area contributed by atoms with Crippen molar-refractivity contribution < 1.29 is 4.79 Å². The Labute approximate surface area is 122 Å². The van der Waals surface area contributed by atoms with Crippen molar-refractivity contribution in [2.24, 2.45) is 5.92 Å². The molecular formula is C16H27N3O. The van der Waals surface area contributed by atoms with Crippen molar-refractivity contribution in [3.63, 3.8) is 0 Å². The second-order valence-corrected chi connectivity index (χ2v) is 5.76. The smallest absolute Gasteiger partial charge is 0.319 e. The Balaban J connectivity index is 2.57. The zero-order valence-electron chi connectivity index (χ0n) is 13.2. The molecular weight excluding hydrogens is 250 g/mol. The first-order valence-electron chi connectivity index (χ1n) is 7.27. The van der Waals surface area contributed by atoms with Gasteiger partial charge in [0.25, 0.3) is 0 Å². The minimum Gasteiger partial charge on any atom is -0.335 e. The van der Waals surface area contributed by atoms with Gasteiger partial charge in [0.15, 0.2) is 0 Å². The number of urea groups is 1. The Morgan fingerprint density at radius 1 is 1.20 bits per heavy atom. The third-order valence-corrected chi connectivity index (χ3v) is 3.28. The van der Waals surface area contributed by atoms with E-state index in [1.54, 1.807) is 0 Å². The Hall–Kier alpha value is -1.55. The molecule has 3 N–H and O–H groups in total. The summed E-state index contributed by atoms with van der Waals surface area (Å²) in [5.74, 6) is 0.574. The third kappa shape index (κ3) is 5.61. The quantitative estimate of drug-likeness (QED) is 0.745. The molecule has 4 heteroatoms.